The summed E-state index contributed by atoms with van der Waals surface area (Å²) >= 11 is 0. The third kappa shape index (κ3) is 4.09. The fourth-order valence-electron chi connectivity index (χ4n) is 3.46. The van der Waals surface area contributed by atoms with Gasteiger partial charge in [0.1, 0.15) is 0 Å². The van der Waals surface area contributed by atoms with Crippen LogP contribution < -0.4 is 14.8 Å². The summed E-state index contributed by atoms with van der Waals surface area (Å²) < 4.78 is 15.8. The molecule has 0 unspecified atom stereocenters. The maximum atomic E-state index is 12.7. The molecule has 26 heavy (non-hydrogen) atoms. The summed E-state index contributed by atoms with van der Waals surface area (Å²) in [4.78, 5) is 26.9. The molecule has 1 atom stereocenters. The van der Waals surface area contributed by atoms with Crippen LogP contribution in [0.3, 0.4) is 0 Å². The molecule has 2 heterocycles. The number of benzene rings is 1. The van der Waals surface area contributed by atoms with Gasteiger partial charge in [-0.25, -0.2) is 0 Å². The van der Waals surface area contributed by atoms with Crippen molar-refractivity contribution in [3.05, 3.63) is 23.8 Å². The number of methoxy groups -OCH3 is 2. The molecule has 2 fully saturated rings. The second kappa shape index (κ2) is 8.40. The van der Waals surface area contributed by atoms with Crippen molar-refractivity contribution in [2.75, 3.05) is 40.5 Å². The number of nitrogens with one attached hydrogen (secondary N) is 1. The molecule has 142 valence electrons. The summed E-state index contributed by atoms with van der Waals surface area (Å²) in [5.74, 6) is 1.12. The van der Waals surface area contributed by atoms with Crippen LogP contribution >= 0.6 is 0 Å². The van der Waals surface area contributed by atoms with E-state index in [-0.39, 0.29) is 23.8 Å². The van der Waals surface area contributed by atoms with Crippen molar-refractivity contribution in [2.45, 2.75) is 25.3 Å². The van der Waals surface area contributed by atoms with Gasteiger partial charge in [0, 0.05) is 31.2 Å². The predicted molar refractivity (Wildman–Crippen MR) is 95.5 cm³/mol. The van der Waals surface area contributed by atoms with Crippen LogP contribution in [0.25, 0.3) is 0 Å². The largest absolute Gasteiger partial charge is 0.493 e. The van der Waals surface area contributed by atoms with Gasteiger partial charge in [-0.3, -0.25) is 9.59 Å². The number of hydrogen-bond acceptors (Lipinski definition) is 5. The van der Waals surface area contributed by atoms with E-state index in [0.29, 0.717) is 56.2 Å². The van der Waals surface area contributed by atoms with Crippen LogP contribution in [-0.2, 0) is 9.53 Å². The molecule has 2 saturated heterocycles. The Hall–Kier alpha value is -2.28. The van der Waals surface area contributed by atoms with E-state index >= 15 is 0 Å². The molecule has 1 aromatic rings. The van der Waals surface area contributed by atoms with Gasteiger partial charge < -0.3 is 24.4 Å². The molecule has 0 bridgehead atoms. The van der Waals surface area contributed by atoms with Crippen LogP contribution in [-0.4, -0.2) is 63.3 Å². The van der Waals surface area contributed by atoms with Crippen molar-refractivity contribution in [1.82, 2.24) is 10.2 Å². The van der Waals surface area contributed by atoms with Gasteiger partial charge in [0.2, 0.25) is 5.91 Å². The number of amides is 2. The molecule has 7 heteroatoms. The Morgan fingerprint density at radius 3 is 2.46 bits per heavy atom. The first kappa shape index (κ1) is 18.5. The summed E-state index contributed by atoms with van der Waals surface area (Å²) in [6, 6.07) is 5.30. The summed E-state index contributed by atoms with van der Waals surface area (Å²) in [6.07, 6.45) is 2.24. The van der Waals surface area contributed by atoms with E-state index in [9.17, 15) is 9.59 Å². The van der Waals surface area contributed by atoms with Gasteiger partial charge in [-0.05, 0) is 37.5 Å². The molecule has 2 amide bonds. The first-order valence-electron chi connectivity index (χ1n) is 9.01. The van der Waals surface area contributed by atoms with Crippen molar-refractivity contribution >= 4 is 11.8 Å². The zero-order chi connectivity index (χ0) is 18.5. The van der Waals surface area contributed by atoms with Gasteiger partial charge in [-0.1, -0.05) is 0 Å². The number of carbonyl (C=O) groups excluding carboxylic acids is 2. The van der Waals surface area contributed by atoms with E-state index in [0.717, 1.165) is 6.42 Å². The standard InChI is InChI=1S/C19H26N2O5/c1-24-16-4-3-14(11-17(16)25-2)19(23)21-8-5-13(6-9-21)18(22)20-15-7-10-26-12-15/h3-4,11,13,15H,5-10,12H2,1-2H3,(H,20,22)/t15-/m1/s1. The summed E-state index contributed by atoms with van der Waals surface area (Å²) in [6.45, 7) is 2.46. The number of carbonyl (C=O) groups is 2. The minimum atomic E-state index is -0.0472. The maximum Gasteiger partial charge on any atom is 0.253 e. The Balaban J connectivity index is 1.55. The Morgan fingerprint density at radius 1 is 1.12 bits per heavy atom. The van der Waals surface area contributed by atoms with E-state index in [1.54, 1.807) is 37.3 Å². The zero-order valence-electron chi connectivity index (χ0n) is 15.3. The molecule has 3 rings (SSSR count). The third-order valence-electron chi connectivity index (χ3n) is 5.06. The van der Waals surface area contributed by atoms with E-state index in [4.69, 9.17) is 14.2 Å². The average Bonchev–Trinajstić information content (AvgIpc) is 3.20. The smallest absolute Gasteiger partial charge is 0.253 e. The zero-order valence-corrected chi connectivity index (χ0v) is 15.3. The van der Waals surface area contributed by atoms with E-state index in [2.05, 4.69) is 5.32 Å². The van der Waals surface area contributed by atoms with Crippen LogP contribution in [0.4, 0.5) is 0 Å². The number of piperidine rings is 1. The molecule has 0 saturated carbocycles. The Kier molecular flexibility index (Phi) is 5.98. The van der Waals surface area contributed by atoms with Crippen molar-refractivity contribution in [2.24, 2.45) is 5.92 Å². The molecule has 7 nitrogen and oxygen atoms in total. The highest BCUT2D eigenvalue weighted by Crippen LogP contribution is 2.29. The van der Waals surface area contributed by atoms with Crippen LogP contribution in [0.15, 0.2) is 18.2 Å². The Labute approximate surface area is 153 Å². The number of likely N-dealkylation sites (tertiary alicyclic amines) is 1. The fraction of sp³-hybridized carbons (Fsp3) is 0.579. The fourth-order valence-corrected chi connectivity index (χ4v) is 3.46. The second-order valence-electron chi connectivity index (χ2n) is 6.71. The SMILES string of the molecule is COc1ccc(C(=O)N2CCC(C(=O)N[C@@H]3CCOC3)CC2)cc1OC. The monoisotopic (exact) mass is 362 g/mol. The number of nitrogens with zero attached hydrogens (tertiary/aromatic N) is 1. The van der Waals surface area contributed by atoms with Gasteiger partial charge in [-0.15, -0.1) is 0 Å². The lowest BCUT2D eigenvalue weighted by Crippen LogP contribution is -2.45. The number of rotatable bonds is 5. The average molecular weight is 362 g/mol. The highest BCUT2D eigenvalue weighted by Gasteiger charge is 2.29. The minimum absolute atomic E-state index is 0.0370. The molecule has 0 aromatic heterocycles. The lowest BCUT2D eigenvalue weighted by Gasteiger charge is -2.32. The summed E-state index contributed by atoms with van der Waals surface area (Å²) in [5, 5.41) is 3.05. The molecule has 2 aliphatic rings. The van der Waals surface area contributed by atoms with Crippen molar-refractivity contribution in [3.8, 4) is 11.5 Å². The Bertz CT molecular complexity index is 649. The van der Waals surface area contributed by atoms with Crippen molar-refractivity contribution in [1.29, 1.82) is 0 Å². The topological polar surface area (TPSA) is 77.1 Å². The molecule has 0 aliphatic carbocycles. The molecule has 0 spiro atoms. The van der Waals surface area contributed by atoms with Gasteiger partial charge in [0.25, 0.3) is 5.91 Å². The normalized spacial score (nSPS) is 20.7. The van der Waals surface area contributed by atoms with Gasteiger partial charge in [0.15, 0.2) is 11.5 Å². The number of hydrogen-bond donors (Lipinski definition) is 1. The summed E-state index contributed by atoms with van der Waals surface area (Å²) in [5.41, 5.74) is 0.564. The third-order valence-corrected chi connectivity index (χ3v) is 5.06. The van der Waals surface area contributed by atoms with Crippen LogP contribution in [0.1, 0.15) is 29.6 Å². The molecular formula is C19H26N2O5. The van der Waals surface area contributed by atoms with E-state index in [1.165, 1.54) is 0 Å². The molecular weight excluding hydrogens is 336 g/mol. The predicted octanol–water partition coefficient (Wildman–Crippen LogP) is 1.46. The molecule has 1 aromatic carbocycles. The number of ether oxygens (including phenoxy) is 3. The first-order chi connectivity index (χ1) is 12.6. The highest BCUT2D eigenvalue weighted by molar-refractivity contribution is 5.95. The second-order valence-corrected chi connectivity index (χ2v) is 6.71. The molecule has 0 radical (unpaired) electrons. The summed E-state index contributed by atoms with van der Waals surface area (Å²) in [7, 11) is 3.11. The van der Waals surface area contributed by atoms with E-state index < -0.39 is 0 Å². The highest BCUT2D eigenvalue weighted by atomic mass is 16.5. The van der Waals surface area contributed by atoms with Gasteiger partial charge in [-0.2, -0.15) is 0 Å². The van der Waals surface area contributed by atoms with Gasteiger partial charge >= 0.3 is 0 Å². The first-order valence-corrected chi connectivity index (χ1v) is 9.01. The quantitative estimate of drug-likeness (QED) is 0.858. The molecule has 1 N–H and O–H groups in total. The Morgan fingerprint density at radius 2 is 1.85 bits per heavy atom. The van der Waals surface area contributed by atoms with Crippen molar-refractivity contribution < 1.29 is 23.8 Å². The molecule has 2 aliphatic heterocycles. The van der Waals surface area contributed by atoms with Crippen LogP contribution in [0.2, 0.25) is 0 Å². The van der Waals surface area contributed by atoms with Gasteiger partial charge in [0.05, 0.1) is 26.9 Å². The lowest BCUT2D eigenvalue weighted by molar-refractivity contribution is -0.127. The lowest BCUT2D eigenvalue weighted by atomic mass is 9.95. The van der Waals surface area contributed by atoms with Crippen LogP contribution in [0.5, 0.6) is 11.5 Å². The van der Waals surface area contributed by atoms with E-state index in [1.807, 2.05) is 0 Å². The minimum Gasteiger partial charge on any atom is -0.493 e. The van der Waals surface area contributed by atoms with Crippen molar-refractivity contribution in [3.63, 3.8) is 0 Å². The van der Waals surface area contributed by atoms with Crippen LogP contribution in [0, 0.1) is 5.92 Å². The maximum absolute atomic E-state index is 12.7.